The Morgan fingerprint density at radius 1 is 1.29 bits per heavy atom. The Kier molecular flexibility index (Phi) is 6.65. The number of sulfonamides is 1. The first kappa shape index (κ1) is 24.1. The lowest BCUT2D eigenvalue weighted by Crippen LogP contribution is -2.43. The zero-order chi connectivity index (χ0) is 25.2. The molecule has 182 valence electrons. The zero-order valence-corrected chi connectivity index (χ0v) is 19.8. The number of benzene rings is 1. The molecule has 1 aliphatic rings. The van der Waals surface area contributed by atoms with Gasteiger partial charge in [0.15, 0.2) is 5.52 Å². The molecular formula is C22H22N6O6S. The highest BCUT2D eigenvalue weighted by atomic mass is 32.2. The van der Waals surface area contributed by atoms with Crippen LogP contribution in [0.2, 0.25) is 0 Å². The van der Waals surface area contributed by atoms with E-state index in [0.29, 0.717) is 37.4 Å². The molecule has 0 spiro atoms. The summed E-state index contributed by atoms with van der Waals surface area (Å²) >= 11 is 0. The van der Waals surface area contributed by atoms with Gasteiger partial charge in [0.05, 0.1) is 23.4 Å². The Labute approximate surface area is 200 Å². The number of ether oxygens (including phenoxy) is 1. The van der Waals surface area contributed by atoms with Crippen LogP contribution in [0.25, 0.3) is 11.0 Å². The normalized spacial score (nSPS) is 14.5. The molecular weight excluding hydrogens is 476 g/mol. The summed E-state index contributed by atoms with van der Waals surface area (Å²) in [4.78, 5) is 31.0. The number of fused-ring (bicyclic) bond motifs is 1. The minimum absolute atomic E-state index is 0.0411. The quantitative estimate of drug-likeness (QED) is 0.491. The van der Waals surface area contributed by atoms with Crippen LogP contribution in [0.4, 0.5) is 5.82 Å². The number of piperidine rings is 1. The van der Waals surface area contributed by atoms with E-state index in [1.54, 1.807) is 19.9 Å². The Morgan fingerprint density at radius 3 is 2.71 bits per heavy atom. The highest BCUT2D eigenvalue weighted by Crippen LogP contribution is 2.27. The maximum absolute atomic E-state index is 12.8. The van der Waals surface area contributed by atoms with E-state index in [1.807, 2.05) is 4.90 Å². The number of carbonyl (C=O) groups is 2. The van der Waals surface area contributed by atoms with E-state index in [2.05, 4.69) is 30.7 Å². The molecule has 12 nitrogen and oxygen atoms in total. The van der Waals surface area contributed by atoms with Crippen LogP contribution in [0.5, 0.6) is 0 Å². The van der Waals surface area contributed by atoms with Gasteiger partial charge in [-0.1, -0.05) is 6.07 Å². The van der Waals surface area contributed by atoms with Gasteiger partial charge >= 0.3 is 5.97 Å². The van der Waals surface area contributed by atoms with Crippen LogP contribution >= 0.6 is 0 Å². The summed E-state index contributed by atoms with van der Waals surface area (Å²) in [6.45, 7) is 4.31. The van der Waals surface area contributed by atoms with E-state index in [1.165, 1.54) is 18.2 Å². The van der Waals surface area contributed by atoms with Gasteiger partial charge < -0.3 is 9.64 Å². The number of carbonyl (C=O) groups excluding carboxylic acids is 2. The van der Waals surface area contributed by atoms with Crippen LogP contribution in [0.15, 0.2) is 33.8 Å². The van der Waals surface area contributed by atoms with E-state index in [0.717, 1.165) is 0 Å². The van der Waals surface area contributed by atoms with Crippen molar-refractivity contribution in [3.8, 4) is 6.07 Å². The summed E-state index contributed by atoms with van der Waals surface area (Å²) < 4.78 is 37.3. The molecule has 1 aromatic carbocycles. The van der Waals surface area contributed by atoms with E-state index in [4.69, 9.17) is 4.74 Å². The van der Waals surface area contributed by atoms with Crippen LogP contribution in [-0.2, 0) is 19.6 Å². The number of nitriles is 1. The third kappa shape index (κ3) is 4.78. The van der Waals surface area contributed by atoms with Crippen molar-refractivity contribution in [1.82, 2.24) is 20.0 Å². The fraction of sp³-hybridized carbons (Fsp3) is 0.364. The minimum atomic E-state index is -4.18. The Balaban J connectivity index is 1.46. The van der Waals surface area contributed by atoms with Crippen molar-refractivity contribution in [2.24, 2.45) is 5.92 Å². The summed E-state index contributed by atoms with van der Waals surface area (Å²) in [5.74, 6) is -1.31. The second-order valence-corrected chi connectivity index (χ2v) is 9.59. The lowest BCUT2D eigenvalue weighted by molar-refractivity contribution is -0.123. The topological polar surface area (TPSA) is 168 Å². The number of aromatic nitrogens is 3. The van der Waals surface area contributed by atoms with Crippen molar-refractivity contribution in [3.05, 3.63) is 41.1 Å². The molecule has 1 N–H and O–H groups in total. The zero-order valence-electron chi connectivity index (χ0n) is 19.0. The molecule has 0 saturated carbocycles. The molecule has 0 bridgehead atoms. The molecule has 3 heterocycles. The number of amides is 1. The minimum Gasteiger partial charge on any atom is -0.462 e. The third-order valence-electron chi connectivity index (χ3n) is 5.75. The van der Waals surface area contributed by atoms with Crippen LogP contribution in [0.3, 0.4) is 0 Å². The molecule has 1 amide bonds. The van der Waals surface area contributed by atoms with Gasteiger partial charge in [0.25, 0.3) is 10.0 Å². The Morgan fingerprint density at radius 2 is 2.03 bits per heavy atom. The number of nitrogens with zero attached hydrogens (tertiary/aromatic N) is 5. The second-order valence-electron chi connectivity index (χ2n) is 7.94. The van der Waals surface area contributed by atoms with Crippen LogP contribution in [0.1, 0.15) is 41.4 Å². The fourth-order valence-electron chi connectivity index (χ4n) is 3.95. The largest absolute Gasteiger partial charge is 0.462 e. The summed E-state index contributed by atoms with van der Waals surface area (Å²) in [6.07, 6.45) is 0.699. The van der Waals surface area contributed by atoms with Gasteiger partial charge in [0.2, 0.25) is 5.91 Å². The van der Waals surface area contributed by atoms with Gasteiger partial charge in [-0.25, -0.2) is 27.5 Å². The van der Waals surface area contributed by atoms with Gasteiger partial charge in [-0.05, 0) is 55.2 Å². The van der Waals surface area contributed by atoms with Crippen molar-refractivity contribution in [3.63, 3.8) is 0 Å². The second kappa shape index (κ2) is 9.67. The SMILES string of the molecule is CCOC(=O)c1cc(C#N)c(N2CCC(C(=O)NS(=O)(=O)c3cccc4nonc34)CC2)nc1C. The number of aryl methyl sites for hydroxylation is 1. The highest BCUT2D eigenvalue weighted by Gasteiger charge is 2.31. The van der Waals surface area contributed by atoms with Gasteiger partial charge in [-0.15, -0.1) is 0 Å². The molecule has 2 aromatic heterocycles. The molecule has 0 atom stereocenters. The molecule has 13 heteroatoms. The monoisotopic (exact) mass is 498 g/mol. The first-order valence-corrected chi connectivity index (χ1v) is 12.3. The van der Waals surface area contributed by atoms with Crippen LogP contribution in [-0.4, -0.2) is 55.3 Å². The number of pyridine rings is 1. The average molecular weight is 499 g/mol. The molecule has 1 aliphatic heterocycles. The van der Waals surface area contributed by atoms with E-state index < -0.39 is 27.8 Å². The summed E-state index contributed by atoms with van der Waals surface area (Å²) in [7, 11) is -4.18. The molecule has 1 saturated heterocycles. The van der Waals surface area contributed by atoms with E-state index in [-0.39, 0.29) is 33.7 Å². The van der Waals surface area contributed by atoms with Crippen molar-refractivity contribution < 1.29 is 27.4 Å². The Bertz CT molecular complexity index is 1440. The van der Waals surface area contributed by atoms with Crippen molar-refractivity contribution in [1.29, 1.82) is 5.26 Å². The maximum Gasteiger partial charge on any atom is 0.340 e. The predicted molar refractivity (Wildman–Crippen MR) is 122 cm³/mol. The predicted octanol–water partition coefficient (Wildman–Crippen LogP) is 1.70. The molecule has 0 aliphatic carbocycles. The number of anilines is 1. The fourth-order valence-corrected chi connectivity index (χ4v) is 5.15. The number of hydrogen-bond acceptors (Lipinski definition) is 11. The molecule has 0 unspecified atom stereocenters. The van der Waals surface area contributed by atoms with Crippen molar-refractivity contribution >= 4 is 38.8 Å². The summed E-state index contributed by atoms with van der Waals surface area (Å²) in [5.41, 5.74) is 1.18. The lowest BCUT2D eigenvalue weighted by Gasteiger charge is -2.32. The standard InChI is InChI=1S/C22H22N6O6S/c1-3-33-22(30)16-11-15(12-23)20(24-13(16)2)28-9-7-14(8-10-28)21(29)27-35(31,32)18-6-4-5-17-19(18)26-34-25-17/h4-6,11,14H,3,7-10H2,1-2H3,(H,27,29). The van der Waals surface area contributed by atoms with Gasteiger partial charge in [-0.3, -0.25) is 4.79 Å². The molecule has 1 fully saturated rings. The number of rotatable bonds is 6. The van der Waals surface area contributed by atoms with Gasteiger partial charge in [0.1, 0.15) is 22.3 Å². The van der Waals surface area contributed by atoms with Gasteiger partial charge in [-0.2, -0.15) is 5.26 Å². The smallest absolute Gasteiger partial charge is 0.340 e. The van der Waals surface area contributed by atoms with Gasteiger partial charge in [0, 0.05) is 19.0 Å². The molecule has 3 aromatic rings. The van der Waals surface area contributed by atoms with Crippen LogP contribution in [0, 0.1) is 24.2 Å². The molecule has 4 rings (SSSR count). The van der Waals surface area contributed by atoms with E-state index >= 15 is 0 Å². The molecule has 0 radical (unpaired) electrons. The highest BCUT2D eigenvalue weighted by molar-refractivity contribution is 7.90. The first-order chi connectivity index (χ1) is 16.7. The van der Waals surface area contributed by atoms with Crippen molar-refractivity contribution in [2.45, 2.75) is 31.6 Å². The van der Waals surface area contributed by atoms with Crippen molar-refractivity contribution in [2.75, 3.05) is 24.6 Å². The third-order valence-corrected chi connectivity index (χ3v) is 7.13. The summed E-state index contributed by atoms with van der Waals surface area (Å²) in [5, 5.41) is 16.8. The maximum atomic E-state index is 12.8. The number of nitrogens with one attached hydrogen (secondary N) is 1. The molecule has 35 heavy (non-hydrogen) atoms. The average Bonchev–Trinajstić information content (AvgIpc) is 3.32. The number of esters is 1. The lowest BCUT2D eigenvalue weighted by atomic mass is 9.96. The number of hydrogen-bond donors (Lipinski definition) is 1. The first-order valence-electron chi connectivity index (χ1n) is 10.9. The van der Waals surface area contributed by atoms with Crippen LogP contribution < -0.4 is 9.62 Å². The Hall–Kier alpha value is -4.05. The summed E-state index contributed by atoms with van der Waals surface area (Å²) in [6, 6.07) is 7.88. The van der Waals surface area contributed by atoms with E-state index in [9.17, 15) is 23.3 Å².